The van der Waals surface area contributed by atoms with Gasteiger partial charge in [-0.3, -0.25) is 4.98 Å². The molecule has 0 bridgehead atoms. The summed E-state index contributed by atoms with van der Waals surface area (Å²) in [6, 6.07) is 3.70. The van der Waals surface area contributed by atoms with Gasteiger partial charge in [0.25, 0.3) is 0 Å². The van der Waals surface area contributed by atoms with Crippen molar-refractivity contribution in [2.45, 2.75) is 32.0 Å². The van der Waals surface area contributed by atoms with Crippen LogP contribution in [0.2, 0.25) is 0 Å². The van der Waals surface area contributed by atoms with Crippen LogP contribution in [0.3, 0.4) is 0 Å². The van der Waals surface area contributed by atoms with Crippen LogP contribution < -0.4 is 4.74 Å². The van der Waals surface area contributed by atoms with Crippen molar-refractivity contribution < 1.29 is 14.6 Å². The average molecular weight is 223 g/mol. The van der Waals surface area contributed by atoms with E-state index in [1.807, 2.05) is 12.1 Å². The molecule has 4 nitrogen and oxygen atoms in total. The molecule has 1 saturated heterocycles. The van der Waals surface area contributed by atoms with E-state index >= 15 is 0 Å². The summed E-state index contributed by atoms with van der Waals surface area (Å²) < 4.78 is 11.2. The summed E-state index contributed by atoms with van der Waals surface area (Å²) in [7, 11) is 0. The average Bonchev–Trinajstić information content (AvgIpc) is 2.33. The van der Waals surface area contributed by atoms with E-state index in [1.54, 1.807) is 6.20 Å². The van der Waals surface area contributed by atoms with Gasteiger partial charge in [0.05, 0.1) is 12.3 Å². The maximum Gasteiger partial charge on any atom is 0.199 e. The highest BCUT2D eigenvalue weighted by molar-refractivity contribution is 5.27. The molecule has 0 spiro atoms. The minimum atomic E-state index is -0.157. The van der Waals surface area contributed by atoms with Gasteiger partial charge in [0.15, 0.2) is 6.29 Å². The highest BCUT2D eigenvalue weighted by Gasteiger charge is 2.16. The van der Waals surface area contributed by atoms with E-state index in [0.29, 0.717) is 6.42 Å². The number of aromatic nitrogens is 1. The van der Waals surface area contributed by atoms with Crippen LogP contribution in [-0.4, -0.2) is 29.6 Å². The maximum absolute atomic E-state index is 8.92. The molecule has 16 heavy (non-hydrogen) atoms. The molecule has 0 saturated carbocycles. The van der Waals surface area contributed by atoms with Crippen LogP contribution in [0, 0.1) is 0 Å². The summed E-state index contributed by atoms with van der Waals surface area (Å²) in [5.41, 5.74) is 0.791. The second-order valence-corrected chi connectivity index (χ2v) is 3.84. The molecular formula is C12H17NO3. The molecule has 1 N–H and O–H groups in total. The number of aliphatic hydroxyl groups is 1. The molecule has 2 rings (SSSR count). The van der Waals surface area contributed by atoms with Gasteiger partial charge in [-0.15, -0.1) is 0 Å². The lowest BCUT2D eigenvalue weighted by Gasteiger charge is -2.24. The predicted molar refractivity (Wildman–Crippen MR) is 59.2 cm³/mol. The van der Waals surface area contributed by atoms with E-state index in [1.165, 1.54) is 0 Å². The van der Waals surface area contributed by atoms with Gasteiger partial charge >= 0.3 is 0 Å². The molecule has 0 aliphatic carbocycles. The molecule has 1 unspecified atom stereocenters. The van der Waals surface area contributed by atoms with E-state index < -0.39 is 0 Å². The Labute approximate surface area is 95.2 Å². The van der Waals surface area contributed by atoms with Crippen LogP contribution in [0.1, 0.15) is 25.0 Å². The second-order valence-electron chi connectivity index (χ2n) is 3.84. The van der Waals surface area contributed by atoms with Crippen LogP contribution in [0.25, 0.3) is 0 Å². The van der Waals surface area contributed by atoms with E-state index in [-0.39, 0.29) is 12.9 Å². The first-order chi connectivity index (χ1) is 7.90. The highest BCUT2D eigenvalue weighted by Crippen LogP contribution is 2.21. The summed E-state index contributed by atoms with van der Waals surface area (Å²) in [5, 5.41) is 8.92. The summed E-state index contributed by atoms with van der Waals surface area (Å²) in [4.78, 5) is 4.19. The quantitative estimate of drug-likeness (QED) is 0.840. The highest BCUT2D eigenvalue weighted by atomic mass is 16.7. The van der Waals surface area contributed by atoms with E-state index in [0.717, 1.165) is 37.3 Å². The molecule has 4 heteroatoms. The molecule has 1 aromatic rings. The Kier molecular flexibility index (Phi) is 4.13. The SMILES string of the molecule is OCCc1ncccc1OC1CCCCO1. The van der Waals surface area contributed by atoms with Crippen molar-refractivity contribution in [2.24, 2.45) is 0 Å². The fourth-order valence-electron chi connectivity index (χ4n) is 1.77. The summed E-state index contributed by atoms with van der Waals surface area (Å²) in [6.45, 7) is 0.846. The number of hydrogen-bond acceptors (Lipinski definition) is 4. The third-order valence-corrected chi connectivity index (χ3v) is 2.59. The van der Waals surface area contributed by atoms with Crippen LogP contribution in [0.4, 0.5) is 0 Å². The van der Waals surface area contributed by atoms with E-state index in [4.69, 9.17) is 14.6 Å². The molecule has 0 radical (unpaired) electrons. The Bertz CT molecular complexity index is 324. The molecule has 0 aromatic carbocycles. The fraction of sp³-hybridized carbons (Fsp3) is 0.583. The number of nitrogens with zero attached hydrogens (tertiary/aromatic N) is 1. The molecule has 1 aliphatic rings. The van der Waals surface area contributed by atoms with Gasteiger partial charge in [-0.2, -0.15) is 0 Å². The second kappa shape index (κ2) is 5.82. The zero-order valence-electron chi connectivity index (χ0n) is 9.26. The Balaban J connectivity index is 2.01. The fourth-order valence-corrected chi connectivity index (χ4v) is 1.77. The van der Waals surface area contributed by atoms with Crippen molar-refractivity contribution in [3.63, 3.8) is 0 Å². The maximum atomic E-state index is 8.92. The largest absolute Gasteiger partial charge is 0.463 e. The van der Waals surface area contributed by atoms with E-state index in [2.05, 4.69) is 4.98 Å². The monoisotopic (exact) mass is 223 g/mol. The lowest BCUT2D eigenvalue weighted by Crippen LogP contribution is -2.25. The molecule has 1 atom stereocenters. The lowest BCUT2D eigenvalue weighted by atomic mass is 10.2. The molecule has 0 amide bonds. The number of ether oxygens (including phenoxy) is 2. The van der Waals surface area contributed by atoms with Crippen LogP contribution in [-0.2, 0) is 11.2 Å². The normalized spacial score (nSPS) is 20.7. The van der Waals surface area contributed by atoms with Crippen LogP contribution in [0.15, 0.2) is 18.3 Å². The van der Waals surface area contributed by atoms with Crippen molar-refractivity contribution in [2.75, 3.05) is 13.2 Å². The summed E-state index contributed by atoms with van der Waals surface area (Å²) >= 11 is 0. The molecule has 88 valence electrons. The molecule has 1 aliphatic heterocycles. The van der Waals surface area contributed by atoms with Gasteiger partial charge in [-0.05, 0) is 25.0 Å². The number of hydrogen-bond donors (Lipinski definition) is 1. The topological polar surface area (TPSA) is 51.6 Å². The van der Waals surface area contributed by atoms with Crippen LogP contribution in [0.5, 0.6) is 5.75 Å². The standard InChI is InChI=1S/C12H17NO3/c14-8-6-10-11(4-3-7-13-10)16-12-5-1-2-9-15-12/h3-4,7,12,14H,1-2,5-6,8-9H2. The van der Waals surface area contributed by atoms with Gasteiger partial charge in [0, 0.05) is 25.6 Å². The Hall–Kier alpha value is -1.13. The summed E-state index contributed by atoms with van der Waals surface area (Å²) in [6.07, 6.45) is 5.24. The van der Waals surface area contributed by atoms with Crippen molar-refractivity contribution in [3.05, 3.63) is 24.0 Å². The molecule has 1 fully saturated rings. The first-order valence-electron chi connectivity index (χ1n) is 5.73. The van der Waals surface area contributed by atoms with Crippen molar-refractivity contribution >= 4 is 0 Å². The molecule has 2 heterocycles. The van der Waals surface area contributed by atoms with Crippen molar-refractivity contribution in [1.29, 1.82) is 0 Å². The zero-order chi connectivity index (χ0) is 11.2. The third kappa shape index (κ3) is 2.93. The Morgan fingerprint density at radius 1 is 1.50 bits per heavy atom. The van der Waals surface area contributed by atoms with Gasteiger partial charge in [0.1, 0.15) is 5.75 Å². The van der Waals surface area contributed by atoms with Crippen LogP contribution >= 0.6 is 0 Å². The smallest absolute Gasteiger partial charge is 0.199 e. The lowest BCUT2D eigenvalue weighted by molar-refractivity contribution is -0.106. The van der Waals surface area contributed by atoms with Gasteiger partial charge in [-0.1, -0.05) is 0 Å². The predicted octanol–water partition coefficient (Wildman–Crippen LogP) is 1.52. The van der Waals surface area contributed by atoms with Crippen molar-refractivity contribution in [3.8, 4) is 5.75 Å². The minimum absolute atomic E-state index is 0.0822. The molecule has 1 aromatic heterocycles. The minimum Gasteiger partial charge on any atom is -0.463 e. The Morgan fingerprint density at radius 3 is 3.19 bits per heavy atom. The van der Waals surface area contributed by atoms with E-state index in [9.17, 15) is 0 Å². The number of aliphatic hydroxyl groups excluding tert-OH is 1. The van der Waals surface area contributed by atoms with Gasteiger partial charge in [0.2, 0.25) is 0 Å². The molecular weight excluding hydrogens is 206 g/mol. The zero-order valence-corrected chi connectivity index (χ0v) is 9.26. The first-order valence-corrected chi connectivity index (χ1v) is 5.73. The van der Waals surface area contributed by atoms with Crippen molar-refractivity contribution in [1.82, 2.24) is 4.98 Å². The number of pyridine rings is 1. The summed E-state index contributed by atoms with van der Waals surface area (Å²) in [5.74, 6) is 0.725. The third-order valence-electron chi connectivity index (χ3n) is 2.59. The first kappa shape index (κ1) is 11.4. The number of rotatable bonds is 4. The van der Waals surface area contributed by atoms with Gasteiger partial charge in [-0.25, -0.2) is 0 Å². The Morgan fingerprint density at radius 2 is 2.44 bits per heavy atom. The van der Waals surface area contributed by atoms with Gasteiger partial charge < -0.3 is 14.6 Å².